The van der Waals surface area contributed by atoms with Crippen LogP contribution in [0.25, 0.3) is 72.3 Å². The Hall–Kier alpha value is -5.94. The number of carbonyl (C=O) groups excluding carboxylic acids is 2. The highest BCUT2D eigenvalue weighted by Crippen LogP contribution is 2.51. The SMILES string of the molecule is [C-]#[N+]C(=Cc1ccc(-c2ccc(-c3ccc(C4=C5C(=O)N(CCCC)C(c6ccc(-c7ccc(-c8ccc(C=C(C#N)C#N)s8)s7)s6)=C5C(=O)N4CCCC)s3)s2)s1)[N+]#[C-]. The van der Waals surface area contributed by atoms with Gasteiger partial charge in [0.15, 0.2) is 0 Å². The molecule has 8 nitrogen and oxygen atoms in total. The highest BCUT2D eigenvalue weighted by atomic mass is 32.1. The molecule has 2 aliphatic heterocycles. The molecule has 6 aromatic heterocycles. The van der Waals surface area contributed by atoms with Crippen LogP contribution in [0.1, 0.15) is 59.0 Å². The van der Waals surface area contributed by atoms with Crippen LogP contribution >= 0.6 is 68.0 Å². The number of rotatable bonds is 14. The molecular weight excluding hydrogens is 861 g/mol. The van der Waals surface area contributed by atoms with Gasteiger partial charge < -0.3 is 9.80 Å². The van der Waals surface area contributed by atoms with Crippen LogP contribution in [0.4, 0.5) is 0 Å². The van der Waals surface area contributed by atoms with Crippen LogP contribution in [-0.4, -0.2) is 34.7 Å². The number of allylic oxidation sites excluding steroid dienone is 1. The maximum atomic E-state index is 14.7. The first-order valence-corrected chi connectivity index (χ1v) is 23.9. The molecule has 2 amide bonds. The summed E-state index contributed by atoms with van der Waals surface area (Å²) in [6.07, 6.45) is 6.64. The first-order chi connectivity index (χ1) is 29.3. The summed E-state index contributed by atoms with van der Waals surface area (Å²) >= 11 is 9.57. The standard InChI is InChI=1S/C46H32N6O2S6/c1-5-7-21-51-43(38-19-17-36(59-38)34-15-13-32(57-34)30-11-9-28(55-30)23-27(25-47)26-48)41-42(46(51)54)44(52(45(41)53)22-8-6-2)39-20-18-37(60-39)35-16-14-33(58-35)31-12-10-29(56-31)24-40(49-3)50-4/h9-20,23-24H,5-8,21-22H2,1-2H3. The summed E-state index contributed by atoms with van der Waals surface area (Å²) < 4.78 is 0. The van der Waals surface area contributed by atoms with Gasteiger partial charge in [0.1, 0.15) is 30.9 Å². The molecular formula is C46H32N6O2S6. The molecule has 6 aromatic rings. The van der Waals surface area contributed by atoms with Crippen molar-refractivity contribution in [2.45, 2.75) is 39.5 Å². The van der Waals surface area contributed by atoms with E-state index >= 15 is 0 Å². The lowest BCUT2D eigenvalue weighted by Crippen LogP contribution is -2.30. The lowest BCUT2D eigenvalue weighted by Gasteiger charge is -2.24. The van der Waals surface area contributed by atoms with Gasteiger partial charge in [0.25, 0.3) is 11.8 Å². The number of nitriles is 2. The van der Waals surface area contributed by atoms with Crippen LogP contribution in [0.3, 0.4) is 0 Å². The van der Waals surface area contributed by atoms with Crippen molar-refractivity contribution in [3.63, 3.8) is 0 Å². The van der Waals surface area contributed by atoms with Crippen molar-refractivity contribution in [1.82, 2.24) is 9.80 Å². The van der Waals surface area contributed by atoms with Gasteiger partial charge in [-0.3, -0.25) is 9.59 Å². The molecule has 0 N–H and O–H groups in total. The fourth-order valence-corrected chi connectivity index (χ4v) is 13.3. The molecule has 2 aliphatic rings. The summed E-state index contributed by atoms with van der Waals surface area (Å²) in [7, 11) is 0. The second-order valence-electron chi connectivity index (χ2n) is 13.6. The highest BCUT2D eigenvalue weighted by molar-refractivity contribution is 7.27. The van der Waals surface area contributed by atoms with Crippen molar-refractivity contribution < 1.29 is 9.59 Å². The molecule has 0 spiro atoms. The highest BCUT2D eigenvalue weighted by Gasteiger charge is 2.49. The van der Waals surface area contributed by atoms with Gasteiger partial charge in [0.05, 0.1) is 32.3 Å². The first kappa shape index (κ1) is 40.8. The molecule has 0 aromatic carbocycles. The average molecular weight is 893 g/mol. The van der Waals surface area contributed by atoms with E-state index in [9.17, 15) is 20.1 Å². The minimum Gasteiger partial charge on any atom is -0.306 e. The molecule has 14 heteroatoms. The predicted molar refractivity (Wildman–Crippen MR) is 249 cm³/mol. The zero-order valence-electron chi connectivity index (χ0n) is 32.3. The molecule has 0 aliphatic carbocycles. The van der Waals surface area contributed by atoms with Crippen LogP contribution in [0, 0.1) is 35.8 Å². The number of hydrogen-bond donors (Lipinski definition) is 0. The minimum atomic E-state index is -0.127. The quantitative estimate of drug-likeness (QED) is 0.0803. The van der Waals surface area contributed by atoms with Gasteiger partial charge in [-0.2, -0.15) is 20.2 Å². The van der Waals surface area contributed by atoms with E-state index in [1.54, 1.807) is 68.8 Å². The molecule has 0 bridgehead atoms. The Morgan fingerprint density at radius 3 is 1.25 bits per heavy atom. The lowest BCUT2D eigenvalue weighted by atomic mass is 10.1. The van der Waals surface area contributed by atoms with Crippen LogP contribution < -0.4 is 0 Å². The average Bonchev–Trinajstić information content (AvgIpc) is 4.12. The number of carbonyl (C=O) groups is 2. The van der Waals surface area contributed by atoms with Gasteiger partial charge in [-0.05, 0) is 91.7 Å². The molecule has 8 heterocycles. The molecule has 60 heavy (non-hydrogen) atoms. The number of thiophene rings is 6. The van der Waals surface area contributed by atoms with Gasteiger partial charge in [-0.1, -0.05) is 26.7 Å². The Bertz CT molecular complexity index is 2750. The van der Waals surface area contributed by atoms with E-state index in [1.165, 1.54) is 11.3 Å². The zero-order valence-corrected chi connectivity index (χ0v) is 37.2. The van der Waals surface area contributed by atoms with E-state index in [0.29, 0.717) is 35.6 Å². The molecule has 0 saturated heterocycles. The zero-order chi connectivity index (χ0) is 41.9. The van der Waals surface area contributed by atoms with E-state index < -0.39 is 0 Å². The van der Waals surface area contributed by atoms with E-state index in [0.717, 1.165) is 84.2 Å². The predicted octanol–water partition coefficient (Wildman–Crippen LogP) is 13.7. The van der Waals surface area contributed by atoms with Crippen LogP contribution in [0.2, 0.25) is 0 Å². The summed E-state index contributed by atoms with van der Waals surface area (Å²) in [6.45, 7) is 19.6. The second kappa shape index (κ2) is 17.7. The largest absolute Gasteiger partial charge is 0.520 e. The van der Waals surface area contributed by atoms with Crippen molar-refractivity contribution in [2.24, 2.45) is 0 Å². The fraction of sp³-hybridized carbons (Fsp3) is 0.174. The van der Waals surface area contributed by atoms with Gasteiger partial charge in [0.2, 0.25) is 0 Å². The van der Waals surface area contributed by atoms with Gasteiger partial charge in [0, 0.05) is 67.9 Å². The monoisotopic (exact) mass is 892 g/mol. The van der Waals surface area contributed by atoms with Crippen LogP contribution in [0.5, 0.6) is 0 Å². The Balaban J connectivity index is 1.14. The maximum Gasteiger partial charge on any atom is 0.520 e. The van der Waals surface area contributed by atoms with Gasteiger partial charge in [-0.15, -0.1) is 68.0 Å². The Morgan fingerprint density at radius 2 is 0.883 bits per heavy atom. The third-order valence-corrected chi connectivity index (χ3v) is 17.0. The number of nitrogens with zero attached hydrogens (tertiary/aromatic N) is 6. The lowest BCUT2D eigenvalue weighted by molar-refractivity contribution is -0.124. The van der Waals surface area contributed by atoms with Crippen molar-refractivity contribution in [3.8, 4) is 51.2 Å². The third-order valence-electron chi connectivity index (χ3n) is 9.80. The molecule has 0 atom stereocenters. The van der Waals surface area contributed by atoms with Gasteiger partial charge in [-0.25, -0.2) is 0 Å². The van der Waals surface area contributed by atoms with Gasteiger partial charge >= 0.3 is 5.82 Å². The van der Waals surface area contributed by atoms with Crippen LogP contribution in [-0.2, 0) is 9.59 Å². The van der Waals surface area contributed by atoms with Crippen molar-refractivity contribution >= 4 is 103 Å². The fourth-order valence-electron chi connectivity index (χ4n) is 6.94. The van der Waals surface area contributed by atoms with Crippen LogP contribution in [0.15, 0.2) is 95.3 Å². The molecule has 0 saturated carbocycles. The summed E-state index contributed by atoms with van der Waals surface area (Å²) in [5.74, 6) is -0.214. The van der Waals surface area contributed by atoms with E-state index in [2.05, 4.69) is 59.9 Å². The summed E-state index contributed by atoms with van der Waals surface area (Å²) in [5.41, 5.74) is 2.45. The molecule has 8 rings (SSSR count). The minimum absolute atomic E-state index is 0.0391. The smallest absolute Gasteiger partial charge is 0.306 e. The van der Waals surface area contributed by atoms with E-state index in [-0.39, 0.29) is 23.2 Å². The molecule has 0 unspecified atom stereocenters. The van der Waals surface area contributed by atoms with Crippen molar-refractivity contribution in [2.75, 3.05) is 13.1 Å². The second-order valence-corrected chi connectivity index (χ2v) is 20.2. The van der Waals surface area contributed by atoms with E-state index in [1.807, 2.05) is 58.3 Å². The number of unbranched alkanes of at least 4 members (excludes halogenated alkanes) is 2. The van der Waals surface area contributed by atoms with Crippen molar-refractivity contribution in [1.29, 1.82) is 10.5 Å². The molecule has 294 valence electrons. The van der Waals surface area contributed by atoms with E-state index in [4.69, 9.17) is 13.1 Å². The Morgan fingerprint density at radius 1 is 0.550 bits per heavy atom. The molecule has 0 fully saturated rings. The third kappa shape index (κ3) is 7.78. The topological polar surface area (TPSA) is 96.9 Å². The summed E-state index contributed by atoms with van der Waals surface area (Å²) in [6, 6.07) is 28.3. The Kier molecular flexibility index (Phi) is 12.1. The summed E-state index contributed by atoms with van der Waals surface area (Å²) in [5, 5.41) is 18.4. The maximum absolute atomic E-state index is 14.7. The molecule has 0 radical (unpaired) electrons. The summed E-state index contributed by atoms with van der Waals surface area (Å²) in [4.78, 5) is 51.6. The number of amides is 2. The number of fused-ring (bicyclic) bond motifs is 1. The van der Waals surface area contributed by atoms with Crippen molar-refractivity contribution in [3.05, 3.63) is 138 Å². The normalized spacial score (nSPS) is 13.4. The Labute approximate surface area is 372 Å². The number of hydrogen-bond acceptors (Lipinski definition) is 10. The first-order valence-electron chi connectivity index (χ1n) is 19.0.